The molecule has 0 aliphatic carbocycles. The second-order valence-corrected chi connectivity index (χ2v) is 2.92. The fourth-order valence-electron chi connectivity index (χ4n) is 1.25. The van der Waals surface area contributed by atoms with E-state index in [0.717, 1.165) is 10.8 Å². The van der Waals surface area contributed by atoms with E-state index in [1.165, 1.54) is 14.0 Å². The van der Waals surface area contributed by atoms with Gasteiger partial charge in [0.2, 0.25) is 0 Å². The van der Waals surface area contributed by atoms with E-state index in [1.807, 2.05) is 0 Å². The topological polar surface area (TPSA) is 42.2 Å². The van der Waals surface area contributed by atoms with Crippen LogP contribution in [0.15, 0.2) is 6.20 Å². The number of rotatable bonds is 1. The zero-order chi connectivity index (χ0) is 11.1. The third-order valence-corrected chi connectivity index (χ3v) is 2.00. The molecule has 0 saturated heterocycles. The molecule has 0 radical (unpaired) electrons. The van der Waals surface area contributed by atoms with Crippen molar-refractivity contribution in [3.8, 4) is 0 Å². The van der Waals surface area contributed by atoms with E-state index in [2.05, 4.69) is 0 Å². The van der Waals surface area contributed by atoms with Crippen molar-refractivity contribution in [3.63, 3.8) is 0 Å². The highest BCUT2D eigenvalue weighted by Gasteiger charge is 2.38. The molecular weight excluding hydrogens is 199 g/mol. The Balaban J connectivity index is 3.46. The summed E-state index contributed by atoms with van der Waals surface area (Å²) in [6.45, 7) is 1.23. The van der Waals surface area contributed by atoms with Crippen molar-refractivity contribution in [2.24, 2.45) is 7.05 Å². The maximum atomic E-state index is 12.4. The summed E-state index contributed by atoms with van der Waals surface area (Å²) in [4.78, 5) is 10.5. The number of aromatic carboxylic acids is 1. The van der Waals surface area contributed by atoms with Crippen LogP contribution in [0.3, 0.4) is 0 Å². The highest BCUT2D eigenvalue weighted by molar-refractivity contribution is 5.90. The smallest absolute Gasteiger partial charge is 0.418 e. The SMILES string of the molecule is Cc1c(C(F)(F)F)c(C(=O)O)cn1C. The van der Waals surface area contributed by atoms with Gasteiger partial charge in [-0.05, 0) is 6.92 Å². The molecule has 0 saturated carbocycles. The van der Waals surface area contributed by atoms with Gasteiger partial charge in [0.05, 0.1) is 11.1 Å². The zero-order valence-corrected chi connectivity index (χ0v) is 7.51. The van der Waals surface area contributed by atoms with Crippen molar-refractivity contribution in [2.75, 3.05) is 0 Å². The van der Waals surface area contributed by atoms with Crippen LogP contribution in [-0.4, -0.2) is 15.6 Å². The van der Waals surface area contributed by atoms with E-state index in [4.69, 9.17) is 5.11 Å². The lowest BCUT2D eigenvalue weighted by Crippen LogP contribution is -2.12. The fourth-order valence-corrected chi connectivity index (χ4v) is 1.25. The van der Waals surface area contributed by atoms with E-state index in [0.29, 0.717) is 0 Å². The van der Waals surface area contributed by atoms with Crippen LogP contribution in [0.2, 0.25) is 0 Å². The van der Waals surface area contributed by atoms with E-state index >= 15 is 0 Å². The third-order valence-electron chi connectivity index (χ3n) is 2.00. The van der Waals surface area contributed by atoms with Crippen molar-refractivity contribution in [3.05, 3.63) is 23.0 Å². The number of hydrogen-bond acceptors (Lipinski definition) is 1. The molecule has 3 nitrogen and oxygen atoms in total. The summed E-state index contributed by atoms with van der Waals surface area (Å²) in [6.07, 6.45) is -3.67. The molecule has 1 aromatic heterocycles. The van der Waals surface area contributed by atoms with Gasteiger partial charge in [0, 0.05) is 18.9 Å². The molecule has 1 heterocycles. The molecule has 0 aliphatic heterocycles. The van der Waals surface area contributed by atoms with Crippen molar-refractivity contribution in [2.45, 2.75) is 13.1 Å². The maximum Gasteiger partial charge on any atom is 0.418 e. The van der Waals surface area contributed by atoms with Gasteiger partial charge < -0.3 is 9.67 Å². The van der Waals surface area contributed by atoms with Crippen molar-refractivity contribution in [1.82, 2.24) is 4.57 Å². The normalized spacial score (nSPS) is 11.8. The third kappa shape index (κ3) is 1.59. The van der Waals surface area contributed by atoms with Gasteiger partial charge in [-0.3, -0.25) is 0 Å². The molecule has 0 aromatic carbocycles. The molecule has 0 fully saturated rings. The minimum absolute atomic E-state index is 0.102. The molecule has 0 bridgehead atoms. The number of hydrogen-bond donors (Lipinski definition) is 1. The van der Waals surface area contributed by atoms with Crippen LogP contribution in [0, 0.1) is 6.92 Å². The Kier molecular flexibility index (Phi) is 2.31. The summed E-state index contributed by atoms with van der Waals surface area (Å²) in [5, 5.41) is 8.55. The van der Waals surface area contributed by atoms with Crippen LogP contribution < -0.4 is 0 Å². The lowest BCUT2D eigenvalue weighted by Gasteiger charge is -2.07. The zero-order valence-electron chi connectivity index (χ0n) is 7.51. The van der Waals surface area contributed by atoms with E-state index in [1.54, 1.807) is 0 Å². The van der Waals surface area contributed by atoms with E-state index in [9.17, 15) is 18.0 Å². The highest BCUT2D eigenvalue weighted by atomic mass is 19.4. The number of carboxylic acid groups (broad SMARTS) is 1. The number of aromatic nitrogens is 1. The first kappa shape index (κ1) is 10.6. The van der Waals surface area contributed by atoms with Crippen LogP contribution >= 0.6 is 0 Å². The van der Waals surface area contributed by atoms with Gasteiger partial charge in [0.1, 0.15) is 0 Å². The van der Waals surface area contributed by atoms with Gasteiger partial charge in [0.15, 0.2) is 0 Å². The molecule has 14 heavy (non-hydrogen) atoms. The average molecular weight is 207 g/mol. The molecule has 0 spiro atoms. The predicted octanol–water partition coefficient (Wildman–Crippen LogP) is 2.05. The first-order valence-corrected chi connectivity index (χ1v) is 3.71. The van der Waals surface area contributed by atoms with E-state index in [-0.39, 0.29) is 5.69 Å². The monoisotopic (exact) mass is 207 g/mol. The number of alkyl halides is 3. The summed E-state index contributed by atoms with van der Waals surface area (Å²) >= 11 is 0. The molecular formula is C8H8F3NO2. The molecule has 6 heteroatoms. The van der Waals surface area contributed by atoms with Gasteiger partial charge in [0.25, 0.3) is 0 Å². The van der Waals surface area contributed by atoms with Crippen LogP contribution in [0.1, 0.15) is 21.6 Å². The van der Waals surface area contributed by atoms with Gasteiger partial charge >= 0.3 is 12.1 Å². The van der Waals surface area contributed by atoms with Gasteiger partial charge in [-0.15, -0.1) is 0 Å². The van der Waals surface area contributed by atoms with Crippen molar-refractivity contribution in [1.29, 1.82) is 0 Å². The standard InChI is InChI=1S/C8H8F3NO2/c1-4-6(8(9,10)11)5(7(13)14)3-12(4)2/h3H,1-2H3,(H,13,14). The predicted molar refractivity (Wildman–Crippen MR) is 42.1 cm³/mol. The highest BCUT2D eigenvalue weighted by Crippen LogP contribution is 2.35. The molecule has 1 aromatic rings. The number of halogens is 3. The Morgan fingerprint density at radius 1 is 1.50 bits per heavy atom. The van der Waals surface area contributed by atoms with E-state index < -0.39 is 23.3 Å². The number of nitrogens with zero attached hydrogens (tertiary/aromatic N) is 1. The Labute approximate surface area is 77.8 Å². The molecule has 0 amide bonds. The maximum absolute atomic E-state index is 12.4. The molecule has 1 N–H and O–H groups in total. The van der Waals surface area contributed by atoms with Crippen molar-refractivity contribution < 1.29 is 23.1 Å². The number of carboxylic acids is 1. The van der Waals surface area contributed by atoms with Gasteiger partial charge in [-0.1, -0.05) is 0 Å². The number of aryl methyl sites for hydroxylation is 1. The minimum Gasteiger partial charge on any atom is -0.478 e. The first-order valence-electron chi connectivity index (χ1n) is 3.71. The van der Waals surface area contributed by atoms with Gasteiger partial charge in [-0.2, -0.15) is 13.2 Å². The Morgan fingerprint density at radius 3 is 2.29 bits per heavy atom. The summed E-state index contributed by atoms with van der Waals surface area (Å²) < 4.78 is 38.4. The van der Waals surface area contributed by atoms with Crippen LogP contribution in [0.4, 0.5) is 13.2 Å². The second-order valence-electron chi connectivity index (χ2n) is 2.92. The minimum atomic E-state index is -4.63. The largest absolute Gasteiger partial charge is 0.478 e. The molecule has 78 valence electrons. The molecule has 0 atom stereocenters. The fraction of sp³-hybridized carbons (Fsp3) is 0.375. The van der Waals surface area contributed by atoms with Crippen LogP contribution in [0.5, 0.6) is 0 Å². The summed E-state index contributed by atoms with van der Waals surface area (Å²) in [6, 6.07) is 0. The second kappa shape index (κ2) is 3.04. The Bertz CT molecular complexity index is 379. The quantitative estimate of drug-likeness (QED) is 0.765. The molecule has 1 rings (SSSR count). The molecule has 0 aliphatic rings. The van der Waals surface area contributed by atoms with Gasteiger partial charge in [-0.25, -0.2) is 4.79 Å². The molecule has 0 unspecified atom stereocenters. The Hall–Kier alpha value is -1.46. The summed E-state index contributed by atoms with van der Waals surface area (Å²) in [7, 11) is 1.37. The average Bonchev–Trinajstić information content (AvgIpc) is 2.27. The lowest BCUT2D eigenvalue weighted by atomic mass is 10.1. The Morgan fingerprint density at radius 2 is 2.00 bits per heavy atom. The summed E-state index contributed by atoms with van der Waals surface area (Å²) in [5.41, 5.74) is -1.89. The van der Waals surface area contributed by atoms with Crippen molar-refractivity contribution >= 4 is 5.97 Å². The van der Waals surface area contributed by atoms with Crippen LogP contribution in [0.25, 0.3) is 0 Å². The first-order chi connectivity index (χ1) is 6.25. The lowest BCUT2D eigenvalue weighted by molar-refractivity contribution is -0.138. The summed E-state index contributed by atoms with van der Waals surface area (Å²) in [5.74, 6) is -1.57. The number of carbonyl (C=O) groups is 1. The van der Waals surface area contributed by atoms with Crippen LogP contribution in [-0.2, 0) is 13.2 Å².